The van der Waals surface area contributed by atoms with Crippen LogP contribution in [0.15, 0.2) is 18.2 Å². The predicted molar refractivity (Wildman–Crippen MR) is 70.5 cm³/mol. The lowest BCUT2D eigenvalue weighted by molar-refractivity contribution is -0.0179. The highest BCUT2D eigenvalue weighted by Crippen LogP contribution is 2.36. The highest BCUT2D eigenvalue weighted by Gasteiger charge is 2.32. The van der Waals surface area contributed by atoms with Crippen LogP contribution in [0.1, 0.15) is 31.4 Å². The third-order valence-electron chi connectivity index (χ3n) is 3.87. The normalized spacial score (nSPS) is 27.9. The van der Waals surface area contributed by atoms with Crippen LogP contribution in [0.2, 0.25) is 0 Å². The summed E-state index contributed by atoms with van der Waals surface area (Å²) in [5.41, 5.74) is 0.836. The van der Waals surface area contributed by atoms with Gasteiger partial charge in [-0.25, -0.2) is 0 Å². The van der Waals surface area contributed by atoms with E-state index in [1.54, 1.807) is 0 Å². The maximum absolute atomic E-state index is 10.4. The molecular weight excluding hydrogens is 244 g/mol. The van der Waals surface area contributed by atoms with Crippen LogP contribution in [-0.4, -0.2) is 31.0 Å². The molecule has 0 saturated carbocycles. The zero-order chi connectivity index (χ0) is 13.2. The summed E-state index contributed by atoms with van der Waals surface area (Å²) in [7, 11) is 0. The Labute approximate surface area is 113 Å². The molecule has 1 fully saturated rings. The van der Waals surface area contributed by atoms with E-state index in [9.17, 15) is 5.11 Å². The van der Waals surface area contributed by atoms with E-state index < -0.39 is 6.10 Å². The van der Waals surface area contributed by atoms with Gasteiger partial charge in [-0.3, -0.25) is 0 Å². The molecule has 0 aromatic heterocycles. The molecule has 0 amide bonds. The molecular formula is C15H20O4. The first-order valence-corrected chi connectivity index (χ1v) is 6.95. The highest BCUT2D eigenvalue weighted by atomic mass is 16.5. The molecule has 0 bridgehead atoms. The van der Waals surface area contributed by atoms with Crippen LogP contribution in [-0.2, 0) is 4.74 Å². The van der Waals surface area contributed by atoms with Crippen molar-refractivity contribution in [3.63, 3.8) is 0 Å². The SMILES string of the molecule is CC1CCOC1C(O)c1ccc2c(c1)OCCCO2. The number of hydrogen-bond donors (Lipinski definition) is 1. The molecule has 3 rings (SSSR count). The van der Waals surface area contributed by atoms with Gasteiger partial charge in [0.2, 0.25) is 0 Å². The minimum absolute atomic E-state index is 0.121. The minimum atomic E-state index is -0.602. The third kappa shape index (κ3) is 2.55. The van der Waals surface area contributed by atoms with E-state index in [1.165, 1.54) is 0 Å². The van der Waals surface area contributed by atoms with Crippen LogP contribution in [0.5, 0.6) is 11.5 Å². The summed E-state index contributed by atoms with van der Waals surface area (Å²) in [6, 6.07) is 5.64. The molecule has 4 heteroatoms. The van der Waals surface area contributed by atoms with Crippen LogP contribution in [0.3, 0.4) is 0 Å². The van der Waals surface area contributed by atoms with Gasteiger partial charge < -0.3 is 19.3 Å². The van der Waals surface area contributed by atoms with Crippen molar-refractivity contribution in [1.82, 2.24) is 0 Å². The lowest BCUT2D eigenvalue weighted by Crippen LogP contribution is -2.23. The summed E-state index contributed by atoms with van der Waals surface area (Å²) in [5.74, 6) is 1.86. The first kappa shape index (κ1) is 12.8. The van der Waals surface area contributed by atoms with Crippen molar-refractivity contribution in [2.45, 2.75) is 32.0 Å². The summed E-state index contributed by atoms with van der Waals surface area (Å²) in [6.45, 7) is 4.18. The van der Waals surface area contributed by atoms with Crippen molar-refractivity contribution in [2.24, 2.45) is 5.92 Å². The van der Waals surface area contributed by atoms with E-state index in [-0.39, 0.29) is 6.10 Å². The number of hydrogen-bond acceptors (Lipinski definition) is 4. The molecule has 0 radical (unpaired) electrons. The lowest BCUT2D eigenvalue weighted by Gasteiger charge is -2.22. The molecule has 1 aromatic rings. The summed E-state index contributed by atoms with van der Waals surface area (Å²) in [6.07, 6.45) is 1.17. The van der Waals surface area contributed by atoms with Gasteiger partial charge >= 0.3 is 0 Å². The van der Waals surface area contributed by atoms with Gasteiger partial charge in [-0.05, 0) is 30.0 Å². The lowest BCUT2D eigenvalue weighted by atomic mass is 9.94. The van der Waals surface area contributed by atoms with Crippen molar-refractivity contribution < 1.29 is 19.3 Å². The van der Waals surface area contributed by atoms with Crippen LogP contribution < -0.4 is 9.47 Å². The molecule has 19 heavy (non-hydrogen) atoms. The first-order valence-electron chi connectivity index (χ1n) is 6.95. The fourth-order valence-electron chi connectivity index (χ4n) is 2.67. The van der Waals surface area contributed by atoms with E-state index in [2.05, 4.69) is 6.92 Å². The van der Waals surface area contributed by atoms with Crippen molar-refractivity contribution in [1.29, 1.82) is 0 Å². The number of aliphatic hydroxyl groups excluding tert-OH is 1. The number of rotatable bonds is 2. The predicted octanol–water partition coefficient (Wildman–Crippen LogP) is 2.31. The van der Waals surface area contributed by atoms with E-state index in [4.69, 9.17) is 14.2 Å². The fourth-order valence-corrected chi connectivity index (χ4v) is 2.67. The molecule has 104 valence electrons. The molecule has 0 spiro atoms. The average Bonchev–Trinajstić information content (AvgIpc) is 2.72. The van der Waals surface area contributed by atoms with Crippen molar-refractivity contribution >= 4 is 0 Å². The summed E-state index contributed by atoms with van der Waals surface area (Å²) in [4.78, 5) is 0. The molecule has 1 aromatic carbocycles. The summed E-state index contributed by atoms with van der Waals surface area (Å²) >= 11 is 0. The van der Waals surface area contributed by atoms with Gasteiger partial charge in [-0.1, -0.05) is 13.0 Å². The van der Waals surface area contributed by atoms with Crippen molar-refractivity contribution in [3.8, 4) is 11.5 Å². The average molecular weight is 264 g/mol. The van der Waals surface area contributed by atoms with Crippen LogP contribution in [0.4, 0.5) is 0 Å². The minimum Gasteiger partial charge on any atom is -0.490 e. The van der Waals surface area contributed by atoms with Gasteiger partial charge in [0.25, 0.3) is 0 Å². The Morgan fingerprint density at radius 1 is 1.16 bits per heavy atom. The molecule has 0 aliphatic carbocycles. The smallest absolute Gasteiger partial charge is 0.161 e. The second kappa shape index (κ2) is 5.39. The summed E-state index contributed by atoms with van der Waals surface area (Å²) < 4.78 is 16.9. The Bertz CT molecular complexity index is 446. The number of ether oxygens (including phenoxy) is 3. The fraction of sp³-hybridized carbons (Fsp3) is 0.600. The van der Waals surface area contributed by atoms with Gasteiger partial charge in [0.1, 0.15) is 6.10 Å². The standard InChI is InChI=1S/C15H20O4/c1-10-5-8-19-15(10)14(16)11-3-4-12-13(9-11)18-7-2-6-17-12/h3-4,9-10,14-16H,2,5-8H2,1H3. The van der Waals surface area contributed by atoms with Crippen LogP contribution in [0.25, 0.3) is 0 Å². The first-order chi connectivity index (χ1) is 9.25. The molecule has 4 nitrogen and oxygen atoms in total. The van der Waals surface area contributed by atoms with Crippen molar-refractivity contribution in [3.05, 3.63) is 23.8 Å². The zero-order valence-corrected chi connectivity index (χ0v) is 11.2. The van der Waals surface area contributed by atoms with E-state index in [0.717, 1.165) is 36.5 Å². The van der Waals surface area contributed by atoms with Crippen molar-refractivity contribution in [2.75, 3.05) is 19.8 Å². The second-order valence-electron chi connectivity index (χ2n) is 5.30. The Morgan fingerprint density at radius 3 is 2.68 bits per heavy atom. The van der Waals surface area contributed by atoms with E-state index in [1.807, 2.05) is 18.2 Å². The Kier molecular flexibility index (Phi) is 3.62. The summed E-state index contributed by atoms with van der Waals surface area (Å²) in [5, 5.41) is 10.4. The van der Waals surface area contributed by atoms with E-state index in [0.29, 0.717) is 19.1 Å². The quantitative estimate of drug-likeness (QED) is 0.890. The van der Waals surface area contributed by atoms with Crippen LogP contribution >= 0.6 is 0 Å². The number of aliphatic hydroxyl groups is 1. The number of fused-ring (bicyclic) bond motifs is 1. The molecule has 2 aliphatic rings. The Balaban J connectivity index is 1.82. The highest BCUT2D eigenvalue weighted by molar-refractivity contribution is 5.44. The Morgan fingerprint density at radius 2 is 1.95 bits per heavy atom. The Hall–Kier alpha value is -1.26. The van der Waals surface area contributed by atoms with Gasteiger partial charge in [-0.2, -0.15) is 0 Å². The molecule has 3 unspecified atom stereocenters. The number of benzene rings is 1. The molecule has 1 N–H and O–H groups in total. The molecule has 3 atom stereocenters. The van der Waals surface area contributed by atoms with Crippen LogP contribution in [0, 0.1) is 5.92 Å². The van der Waals surface area contributed by atoms with Gasteiger partial charge in [0.05, 0.1) is 19.3 Å². The van der Waals surface area contributed by atoms with Gasteiger partial charge in [0, 0.05) is 13.0 Å². The molecule has 2 aliphatic heterocycles. The molecule has 1 saturated heterocycles. The van der Waals surface area contributed by atoms with Gasteiger partial charge in [0.15, 0.2) is 11.5 Å². The monoisotopic (exact) mass is 264 g/mol. The second-order valence-corrected chi connectivity index (χ2v) is 5.30. The van der Waals surface area contributed by atoms with E-state index >= 15 is 0 Å². The maximum Gasteiger partial charge on any atom is 0.161 e. The zero-order valence-electron chi connectivity index (χ0n) is 11.2. The maximum atomic E-state index is 10.4. The largest absolute Gasteiger partial charge is 0.490 e. The van der Waals surface area contributed by atoms with Gasteiger partial charge in [-0.15, -0.1) is 0 Å². The molecule has 2 heterocycles. The topological polar surface area (TPSA) is 47.9 Å². The third-order valence-corrected chi connectivity index (χ3v) is 3.87.